The molecule has 0 bridgehead atoms. The minimum absolute atomic E-state index is 0.0311. The summed E-state index contributed by atoms with van der Waals surface area (Å²) in [4.78, 5) is 18.4. The Kier molecular flexibility index (Phi) is 4.34. The molecule has 7 heteroatoms. The van der Waals surface area contributed by atoms with E-state index in [1.165, 1.54) is 19.2 Å². The third-order valence-electron chi connectivity index (χ3n) is 2.42. The van der Waals surface area contributed by atoms with Gasteiger partial charge in [0.15, 0.2) is 5.82 Å². The van der Waals surface area contributed by atoms with Crippen LogP contribution in [0.3, 0.4) is 0 Å². The van der Waals surface area contributed by atoms with Gasteiger partial charge >= 0.3 is 0 Å². The van der Waals surface area contributed by atoms with Gasteiger partial charge in [0.1, 0.15) is 10.3 Å². The van der Waals surface area contributed by atoms with E-state index in [0.29, 0.717) is 5.69 Å². The van der Waals surface area contributed by atoms with Crippen molar-refractivity contribution in [2.24, 2.45) is 0 Å². The molecule has 0 unspecified atom stereocenters. The summed E-state index contributed by atoms with van der Waals surface area (Å²) in [6.45, 7) is 0.139. The van der Waals surface area contributed by atoms with Crippen LogP contribution in [0.15, 0.2) is 27.5 Å². The predicted molar refractivity (Wildman–Crippen MR) is 73.7 cm³/mol. The first-order valence-corrected chi connectivity index (χ1v) is 6.43. The summed E-state index contributed by atoms with van der Waals surface area (Å²) in [7, 11) is 1.48. The Morgan fingerprint density at radius 3 is 2.95 bits per heavy atom. The van der Waals surface area contributed by atoms with Crippen LogP contribution in [0, 0.1) is 5.82 Å². The highest BCUT2D eigenvalue weighted by molar-refractivity contribution is 9.10. The second kappa shape index (κ2) is 5.81. The van der Waals surface area contributed by atoms with E-state index in [4.69, 9.17) is 16.3 Å². The van der Waals surface area contributed by atoms with Crippen molar-refractivity contribution in [3.8, 4) is 11.4 Å². The Balaban J connectivity index is 2.63. The molecule has 2 aromatic rings. The molecule has 1 N–H and O–H groups in total. The molecule has 0 aliphatic heterocycles. The second-order valence-electron chi connectivity index (χ2n) is 3.71. The molecule has 1 aromatic heterocycles. The monoisotopic (exact) mass is 346 g/mol. The standard InChI is InChI=1S/C12H9BrClFN2O2/c1-19-5-8-9(13)12(18)17-11(16-8)6-3-2-4-7(14)10(6)15/h2-4H,5H2,1H3,(H,16,17,18). The highest BCUT2D eigenvalue weighted by atomic mass is 79.9. The summed E-state index contributed by atoms with van der Waals surface area (Å²) in [6, 6.07) is 4.50. The molecule has 0 fully saturated rings. The van der Waals surface area contributed by atoms with Crippen LogP contribution in [0.5, 0.6) is 0 Å². The SMILES string of the molecule is COCc1nc(-c2cccc(Cl)c2F)[nH]c(=O)c1Br. The molecule has 1 heterocycles. The minimum atomic E-state index is -0.627. The summed E-state index contributed by atoms with van der Waals surface area (Å²) >= 11 is 8.82. The number of halogens is 3. The zero-order chi connectivity index (χ0) is 14.0. The van der Waals surface area contributed by atoms with E-state index in [1.54, 1.807) is 6.07 Å². The van der Waals surface area contributed by atoms with Gasteiger partial charge in [-0.3, -0.25) is 4.79 Å². The van der Waals surface area contributed by atoms with E-state index in [1.807, 2.05) is 0 Å². The van der Waals surface area contributed by atoms with Crippen LogP contribution >= 0.6 is 27.5 Å². The Morgan fingerprint density at radius 2 is 2.26 bits per heavy atom. The number of ether oxygens (including phenoxy) is 1. The third-order valence-corrected chi connectivity index (χ3v) is 3.53. The van der Waals surface area contributed by atoms with Gasteiger partial charge in [-0.25, -0.2) is 9.37 Å². The van der Waals surface area contributed by atoms with Crippen LogP contribution in [-0.4, -0.2) is 17.1 Å². The lowest BCUT2D eigenvalue weighted by atomic mass is 10.2. The van der Waals surface area contributed by atoms with Crippen molar-refractivity contribution in [3.05, 3.63) is 49.6 Å². The largest absolute Gasteiger partial charge is 0.378 e. The number of nitrogens with one attached hydrogen (secondary N) is 1. The maximum absolute atomic E-state index is 13.9. The van der Waals surface area contributed by atoms with Gasteiger partial charge in [-0.1, -0.05) is 17.7 Å². The first-order valence-electron chi connectivity index (χ1n) is 5.26. The lowest BCUT2D eigenvalue weighted by Crippen LogP contribution is -2.14. The van der Waals surface area contributed by atoms with Crippen molar-refractivity contribution < 1.29 is 9.13 Å². The maximum Gasteiger partial charge on any atom is 0.265 e. The quantitative estimate of drug-likeness (QED) is 0.928. The Bertz CT molecular complexity index is 675. The minimum Gasteiger partial charge on any atom is -0.378 e. The van der Waals surface area contributed by atoms with Gasteiger partial charge in [0.25, 0.3) is 5.56 Å². The Labute approximate surface area is 121 Å². The molecule has 0 saturated carbocycles. The number of benzene rings is 1. The zero-order valence-electron chi connectivity index (χ0n) is 9.84. The van der Waals surface area contributed by atoms with Crippen molar-refractivity contribution >= 4 is 27.5 Å². The number of nitrogens with zero attached hydrogens (tertiary/aromatic N) is 1. The van der Waals surface area contributed by atoms with Gasteiger partial charge in [0.2, 0.25) is 0 Å². The number of rotatable bonds is 3. The molecule has 1 aromatic carbocycles. The average Bonchev–Trinajstić information content (AvgIpc) is 2.38. The van der Waals surface area contributed by atoms with Gasteiger partial charge in [-0.2, -0.15) is 0 Å². The highest BCUT2D eigenvalue weighted by Gasteiger charge is 2.14. The summed E-state index contributed by atoms with van der Waals surface area (Å²) in [5.41, 5.74) is 0.117. The Hall–Kier alpha value is -1.24. The molecule has 0 saturated heterocycles. The number of hydrogen-bond donors (Lipinski definition) is 1. The van der Waals surface area contributed by atoms with Gasteiger partial charge < -0.3 is 9.72 Å². The molecule has 2 rings (SSSR count). The third kappa shape index (κ3) is 2.86. The van der Waals surface area contributed by atoms with E-state index in [-0.39, 0.29) is 27.5 Å². The van der Waals surface area contributed by atoms with E-state index in [2.05, 4.69) is 25.9 Å². The van der Waals surface area contributed by atoms with Crippen molar-refractivity contribution in [2.75, 3.05) is 7.11 Å². The molecule has 4 nitrogen and oxygen atoms in total. The normalized spacial score (nSPS) is 10.7. The van der Waals surface area contributed by atoms with E-state index >= 15 is 0 Å². The van der Waals surface area contributed by atoms with Crippen LogP contribution in [0.4, 0.5) is 4.39 Å². The zero-order valence-corrected chi connectivity index (χ0v) is 12.2. The van der Waals surface area contributed by atoms with E-state index < -0.39 is 11.4 Å². The van der Waals surface area contributed by atoms with Crippen molar-refractivity contribution in [1.82, 2.24) is 9.97 Å². The lowest BCUT2D eigenvalue weighted by molar-refractivity contribution is 0.180. The first kappa shape index (κ1) is 14.2. The molecule has 0 spiro atoms. The molecular weight excluding hydrogens is 338 g/mol. The van der Waals surface area contributed by atoms with Gasteiger partial charge in [0.05, 0.1) is 22.9 Å². The van der Waals surface area contributed by atoms with Crippen molar-refractivity contribution in [2.45, 2.75) is 6.61 Å². The maximum atomic E-state index is 13.9. The van der Waals surface area contributed by atoms with Crippen molar-refractivity contribution in [3.63, 3.8) is 0 Å². The van der Waals surface area contributed by atoms with Crippen LogP contribution in [-0.2, 0) is 11.3 Å². The fourth-order valence-electron chi connectivity index (χ4n) is 1.55. The number of aromatic amines is 1. The number of methoxy groups -OCH3 is 1. The lowest BCUT2D eigenvalue weighted by Gasteiger charge is -2.07. The molecule has 0 aliphatic carbocycles. The fourth-order valence-corrected chi connectivity index (χ4v) is 2.03. The number of hydrogen-bond acceptors (Lipinski definition) is 3. The van der Waals surface area contributed by atoms with E-state index in [9.17, 15) is 9.18 Å². The van der Waals surface area contributed by atoms with Gasteiger partial charge in [-0.15, -0.1) is 0 Å². The Morgan fingerprint density at radius 1 is 1.53 bits per heavy atom. The molecule has 0 atom stereocenters. The summed E-state index contributed by atoms with van der Waals surface area (Å²) in [5, 5.41) is -0.0311. The highest BCUT2D eigenvalue weighted by Crippen LogP contribution is 2.25. The van der Waals surface area contributed by atoms with Gasteiger partial charge in [-0.05, 0) is 28.1 Å². The summed E-state index contributed by atoms with van der Waals surface area (Å²) in [6.07, 6.45) is 0. The predicted octanol–water partition coefficient (Wildman–Crippen LogP) is 3.14. The smallest absolute Gasteiger partial charge is 0.265 e. The summed E-state index contributed by atoms with van der Waals surface area (Å²) in [5.74, 6) is -0.516. The molecule has 0 amide bonds. The van der Waals surface area contributed by atoms with Crippen molar-refractivity contribution in [1.29, 1.82) is 0 Å². The number of aromatic nitrogens is 2. The molecule has 0 radical (unpaired) electrons. The van der Waals surface area contributed by atoms with E-state index in [0.717, 1.165) is 0 Å². The van der Waals surface area contributed by atoms with Crippen LogP contribution in [0.25, 0.3) is 11.4 Å². The number of H-pyrrole nitrogens is 1. The summed E-state index contributed by atoms with van der Waals surface area (Å²) < 4.78 is 19.1. The topological polar surface area (TPSA) is 55.0 Å². The fraction of sp³-hybridized carbons (Fsp3) is 0.167. The average molecular weight is 348 g/mol. The van der Waals surface area contributed by atoms with Crippen LogP contribution < -0.4 is 5.56 Å². The first-order chi connectivity index (χ1) is 9.04. The molecule has 0 aliphatic rings. The molecule has 19 heavy (non-hydrogen) atoms. The second-order valence-corrected chi connectivity index (χ2v) is 4.91. The van der Waals surface area contributed by atoms with Gasteiger partial charge in [0, 0.05) is 7.11 Å². The molecule has 100 valence electrons. The molecular formula is C12H9BrClFN2O2. The van der Waals surface area contributed by atoms with Crippen LogP contribution in [0.1, 0.15) is 5.69 Å². The van der Waals surface area contributed by atoms with Crippen LogP contribution in [0.2, 0.25) is 5.02 Å².